The molecule has 0 aromatic carbocycles. The normalized spacial score (nSPS) is 41.4. The zero-order valence-electron chi connectivity index (χ0n) is 19.5. The summed E-state index contributed by atoms with van der Waals surface area (Å²) in [5, 5.41) is 10.3. The van der Waals surface area contributed by atoms with Crippen LogP contribution in [0.2, 0.25) is 0 Å². The Hall–Kier alpha value is -0.860. The molecular weight excluding hydrogens is 360 g/mol. The van der Waals surface area contributed by atoms with E-state index in [9.17, 15) is 14.7 Å². The number of fused-ring (bicyclic) bond motifs is 1. The van der Waals surface area contributed by atoms with Crippen LogP contribution in [0.4, 0.5) is 0 Å². The monoisotopic (exact) mass is 404 g/mol. The van der Waals surface area contributed by atoms with E-state index < -0.39 is 11.4 Å². The van der Waals surface area contributed by atoms with Gasteiger partial charge in [-0.25, -0.2) is 0 Å². The fourth-order valence-corrected chi connectivity index (χ4v) is 7.82. The van der Waals surface area contributed by atoms with Crippen molar-refractivity contribution in [1.29, 1.82) is 0 Å². The molecule has 0 unspecified atom stereocenters. The summed E-state index contributed by atoms with van der Waals surface area (Å²) in [4.78, 5) is 25.5. The van der Waals surface area contributed by atoms with Gasteiger partial charge < -0.3 is 5.11 Å². The second kappa shape index (κ2) is 8.71. The van der Waals surface area contributed by atoms with E-state index in [2.05, 4.69) is 34.6 Å². The first-order chi connectivity index (χ1) is 13.6. The Kier molecular flexibility index (Phi) is 6.85. The summed E-state index contributed by atoms with van der Waals surface area (Å²) < 4.78 is 0. The summed E-state index contributed by atoms with van der Waals surface area (Å²) in [7, 11) is 0. The van der Waals surface area contributed by atoms with Gasteiger partial charge in [-0.2, -0.15) is 0 Å². The number of hydrogen-bond donors (Lipinski definition) is 1. The lowest BCUT2D eigenvalue weighted by Gasteiger charge is -2.53. The lowest BCUT2D eigenvalue weighted by molar-refractivity contribution is -0.161. The van der Waals surface area contributed by atoms with Crippen molar-refractivity contribution in [3.63, 3.8) is 0 Å². The van der Waals surface area contributed by atoms with Crippen LogP contribution < -0.4 is 0 Å². The van der Waals surface area contributed by atoms with Crippen LogP contribution in [0.1, 0.15) is 105 Å². The molecular formula is C26H44O3. The van der Waals surface area contributed by atoms with E-state index in [1.54, 1.807) is 0 Å². The van der Waals surface area contributed by atoms with Gasteiger partial charge in [0.1, 0.15) is 5.78 Å². The fourth-order valence-electron chi connectivity index (χ4n) is 7.82. The standard InChI is InChI=1S/C26H44O3/c1-17(2)9-8-10-18(3)19-12-13-20-23(24(28)29)21(14-16-25(19,20)4)26(5)15-7-6-11-22(26)27/h17-21,23H,6-16H2,1-5H3,(H,28,29)/t18-,19-,20-,21-,23+,25+,26+/m0/s1. The molecule has 3 nitrogen and oxygen atoms in total. The maximum atomic E-state index is 12.9. The Labute approximate surface area is 178 Å². The van der Waals surface area contributed by atoms with E-state index >= 15 is 0 Å². The molecule has 0 aromatic rings. The van der Waals surface area contributed by atoms with Crippen molar-refractivity contribution in [3.8, 4) is 0 Å². The molecule has 7 atom stereocenters. The molecule has 0 bridgehead atoms. The number of ketones is 1. The van der Waals surface area contributed by atoms with Crippen molar-refractivity contribution in [2.45, 2.75) is 105 Å². The number of rotatable bonds is 7. The Morgan fingerprint density at radius 3 is 2.38 bits per heavy atom. The second-order valence-corrected chi connectivity index (χ2v) is 11.7. The molecule has 29 heavy (non-hydrogen) atoms. The van der Waals surface area contributed by atoms with Crippen molar-refractivity contribution >= 4 is 11.8 Å². The molecule has 3 saturated carbocycles. The van der Waals surface area contributed by atoms with Gasteiger partial charge in [-0.1, -0.05) is 60.3 Å². The number of hydrogen-bond acceptors (Lipinski definition) is 2. The Morgan fingerprint density at radius 2 is 1.76 bits per heavy atom. The summed E-state index contributed by atoms with van der Waals surface area (Å²) in [5.74, 6) is 1.69. The molecule has 3 aliphatic rings. The quantitative estimate of drug-likeness (QED) is 0.511. The predicted octanol–water partition coefficient (Wildman–Crippen LogP) is 6.74. The Bertz CT molecular complexity index is 611. The summed E-state index contributed by atoms with van der Waals surface area (Å²) in [6.07, 6.45) is 11.7. The highest BCUT2D eigenvalue weighted by molar-refractivity contribution is 5.86. The topological polar surface area (TPSA) is 54.4 Å². The summed E-state index contributed by atoms with van der Waals surface area (Å²) in [5.41, 5.74) is -0.283. The first kappa shape index (κ1) is 22.8. The molecule has 0 radical (unpaired) electrons. The first-order valence-corrected chi connectivity index (χ1v) is 12.4. The number of carboxylic acid groups (broad SMARTS) is 1. The molecule has 3 rings (SSSR count). The number of carbonyl (C=O) groups excluding carboxylic acids is 1. The first-order valence-electron chi connectivity index (χ1n) is 12.4. The number of Topliss-reactive ketones (excluding diaryl/α,β-unsaturated/α-hetero) is 1. The van der Waals surface area contributed by atoms with Crippen LogP contribution in [0.3, 0.4) is 0 Å². The summed E-state index contributed by atoms with van der Waals surface area (Å²) in [6, 6.07) is 0. The van der Waals surface area contributed by atoms with Gasteiger partial charge in [-0.05, 0) is 73.5 Å². The van der Waals surface area contributed by atoms with Gasteiger partial charge >= 0.3 is 5.97 Å². The summed E-state index contributed by atoms with van der Waals surface area (Å²) >= 11 is 0. The van der Waals surface area contributed by atoms with Crippen molar-refractivity contribution in [1.82, 2.24) is 0 Å². The van der Waals surface area contributed by atoms with Crippen molar-refractivity contribution < 1.29 is 14.7 Å². The minimum Gasteiger partial charge on any atom is -0.481 e. The molecule has 0 aliphatic heterocycles. The average Bonchev–Trinajstić information content (AvgIpc) is 2.99. The van der Waals surface area contributed by atoms with Crippen LogP contribution in [0.5, 0.6) is 0 Å². The highest BCUT2D eigenvalue weighted by atomic mass is 16.4. The lowest BCUT2D eigenvalue weighted by Crippen LogP contribution is -2.52. The van der Waals surface area contributed by atoms with Crippen LogP contribution in [0.15, 0.2) is 0 Å². The van der Waals surface area contributed by atoms with Crippen LogP contribution in [-0.2, 0) is 9.59 Å². The minimum absolute atomic E-state index is 0.0286. The largest absolute Gasteiger partial charge is 0.481 e. The van der Waals surface area contributed by atoms with E-state index in [0.29, 0.717) is 24.0 Å². The molecule has 3 fully saturated rings. The third-order valence-electron chi connectivity index (χ3n) is 9.56. The third kappa shape index (κ3) is 4.17. The van der Waals surface area contributed by atoms with E-state index in [1.165, 1.54) is 25.7 Å². The summed E-state index contributed by atoms with van der Waals surface area (Å²) in [6.45, 7) is 11.5. The van der Waals surface area contributed by atoms with E-state index in [0.717, 1.165) is 44.4 Å². The van der Waals surface area contributed by atoms with Gasteiger partial charge in [-0.3, -0.25) is 9.59 Å². The van der Waals surface area contributed by atoms with Gasteiger partial charge in [-0.15, -0.1) is 0 Å². The van der Waals surface area contributed by atoms with Crippen LogP contribution in [0.25, 0.3) is 0 Å². The fraction of sp³-hybridized carbons (Fsp3) is 0.923. The van der Waals surface area contributed by atoms with Crippen LogP contribution in [0, 0.1) is 46.3 Å². The molecule has 0 spiro atoms. The molecule has 3 aliphatic carbocycles. The molecule has 3 heteroatoms. The zero-order chi connectivity index (χ0) is 21.4. The molecule has 0 saturated heterocycles. The van der Waals surface area contributed by atoms with E-state index in [4.69, 9.17) is 0 Å². The number of carboxylic acids is 1. The number of aliphatic carboxylic acids is 1. The van der Waals surface area contributed by atoms with E-state index in [-0.39, 0.29) is 23.2 Å². The van der Waals surface area contributed by atoms with E-state index in [1.807, 2.05) is 0 Å². The van der Waals surface area contributed by atoms with Crippen LogP contribution >= 0.6 is 0 Å². The van der Waals surface area contributed by atoms with Crippen molar-refractivity contribution in [3.05, 3.63) is 0 Å². The lowest BCUT2D eigenvalue weighted by atomic mass is 9.50. The molecule has 0 amide bonds. The van der Waals surface area contributed by atoms with Gasteiger partial charge in [0.25, 0.3) is 0 Å². The van der Waals surface area contributed by atoms with Gasteiger partial charge in [0.2, 0.25) is 0 Å². The molecule has 0 aromatic heterocycles. The maximum absolute atomic E-state index is 12.9. The molecule has 0 heterocycles. The average molecular weight is 405 g/mol. The highest BCUT2D eigenvalue weighted by Gasteiger charge is 2.60. The Balaban J connectivity index is 1.79. The van der Waals surface area contributed by atoms with Gasteiger partial charge in [0.15, 0.2) is 0 Å². The van der Waals surface area contributed by atoms with Crippen molar-refractivity contribution in [2.75, 3.05) is 0 Å². The maximum Gasteiger partial charge on any atom is 0.307 e. The Morgan fingerprint density at radius 1 is 1.03 bits per heavy atom. The molecule has 166 valence electrons. The predicted molar refractivity (Wildman–Crippen MR) is 118 cm³/mol. The molecule has 1 N–H and O–H groups in total. The third-order valence-corrected chi connectivity index (χ3v) is 9.56. The van der Waals surface area contributed by atoms with Gasteiger partial charge in [0, 0.05) is 11.8 Å². The minimum atomic E-state index is -0.640. The van der Waals surface area contributed by atoms with Crippen LogP contribution in [-0.4, -0.2) is 16.9 Å². The van der Waals surface area contributed by atoms with Gasteiger partial charge in [0.05, 0.1) is 5.92 Å². The zero-order valence-corrected chi connectivity index (χ0v) is 19.5. The van der Waals surface area contributed by atoms with Crippen molar-refractivity contribution in [2.24, 2.45) is 46.3 Å². The SMILES string of the molecule is CC(C)CCC[C@H](C)[C@@H]1CC[C@H]2[C@@H](C(=O)O)[C@@H]([C@@]3(C)CCCCC3=O)CC[C@@]21C. The second-order valence-electron chi connectivity index (χ2n) is 11.7. The highest BCUT2D eigenvalue weighted by Crippen LogP contribution is 2.64. The smallest absolute Gasteiger partial charge is 0.307 e. The number of carbonyl (C=O) groups is 2.